The Labute approximate surface area is 198 Å². The average Bonchev–Trinajstić information content (AvgIpc) is 3.24. The molecule has 3 N–H and O–H groups in total. The highest BCUT2D eigenvalue weighted by Gasteiger charge is 2.59. The van der Waals surface area contributed by atoms with Crippen molar-refractivity contribution in [2.45, 2.75) is 36.1 Å². The van der Waals surface area contributed by atoms with Gasteiger partial charge in [0, 0.05) is 5.56 Å². The summed E-state index contributed by atoms with van der Waals surface area (Å²) in [4.78, 5) is 40.3. The third-order valence-electron chi connectivity index (χ3n) is 6.11. The van der Waals surface area contributed by atoms with E-state index >= 15 is 0 Å². The maximum atomic E-state index is 13.7. The Hall–Kier alpha value is -3.04. The number of methoxy groups -OCH3 is 2. The summed E-state index contributed by atoms with van der Waals surface area (Å²) in [6.45, 7) is -0.496. The average molecular weight is 473 g/mol. The molecular formula is C24H28N2O6S. The fourth-order valence-corrected chi connectivity index (χ4v) is 4.78. The van der Waals surface area contributed by atoms with Crippen LogP contribution in [0.3, 0.4) is 0 Å². The molecule has 2 aromatic rings. The summed E-state index contributed by atoms with van der Waals surface area (Å²) in [5.74, 6) is -1.48. The van der Waals surface area contributed by atoms with Crippen molar-refractivity contribution in [1.82, 2.24) is 4.90 Å². The Balaban J connectivity index is 2.03. The van der Waals surface area contributed by atoms with Crippen LogP contribution in [0.5, 0.6) is 11.5 Å². The lowest BCUT2D eigenvalue weighted by Gasteiger charge is -2.38. The first-order valence-electron chi connectivity index (χ1n) is 10.5. The van der Waals surface area contributed by atoms with E-state index in [1.807, 2.05) is 12.1 Å². The Morgan fingerprint density at radius 1 is 1.15 bits per heavy atom. The number of para-hydroxylation sites is 1. The number of thiol groups is 1. The van der Waals surface area contributed by atoms with Crippen molar-refractivity contribution in [3.8, 4) is 11.5 Å². The molecule has 0 bridgehead atoms. The highest BCUT2D eigenvalue weighted by molar-refractivity contribution is 7.81. The summed E-state index contributed by atoms with van der Waals surface area (Å²) in [5, 5.41) is 9.29. The number of amides is 1. The lowest BCUT2D eigenvalue weighted by Crippen LogP contribution is -2.62. The number of nitrogens with two attached hydrogens (primary N) is 1. The number of carboxylic acid groups (broad SMARTS) is 1. The summed E-state index contributed by atoms with van der Waals surface area (Å²) in [6, 6.07) is 13.6. The molecule has 0 radical (unpaired) electrons. The number of Topliss-reactive ketones (excluding diaryl/α,β-unsaturated/α-hetero) is 1. The van der Waals surface area contributed by atoms with E-state index in [0.717, 1.165) is 5.56 Å². The second-order valence-corrected chi connectivity index (χ2v) is 8.49. The van der Waals surface area contributed by atoms with Crippen molar-refractivity contribution in [2.75, 3.05) is 20.8 Å². The van der Waals surface area contributed by atoms with Crippen LogP contribution in [0.1, 0.15) is 30.0 Å². The fraction of sp³-hybridized carbons (Fsp3) is 0.375. The second kappa shape index (κ2) is 10.3. The molecule has 1 aliphatic rings. The fourth-order valence-electron chi connectivity index (χ4n) is 4.44. The first-order chi connectivity index (χ1) is 15.8. The monoisotopic (exact) mass is 472 g/mol. The predicted octanol–water partition coefficient (Wildman–Crippen LogP) is 2.26. The van der Waals surface area contributed by atoms with Crippen LogP contribution < -0.4 is 15.2 Å². The zero-order chi connectivity index (χ0) is 24.2. The Morgan fingerprint density at radius 2 is 1.82 bits per heavy atom. The van der Waals surface area contributed by atoms with Crippen LogP contribution in [-0.2, 0) is 20.8 Å². The van der Waals surface area contributed by atoms with Gasteiger partial charge in [-0.25, -0.2) is 4.79 Å². The Morgan fingerprint density at radius 3 is 2.39 bits per heavy atom. The predicted molar refractivity (Wildman–Crippen MR) is 126 cm³/mol. The largest absolute Gasteiger partial charge is 0.497 e. The van der Waals surface area contributed by atoms with Crippen LogP contribution in [0.25, 0.3) is 0 Å². The number of nitrogens with zero attached hydrogens (tertiary/aromatic N) is 1. The van der Waals surface area contributed by atoms with Crippen molar-refractivity contribution in [3.05, 3.63) is 59.7 Å². The van der Waals surface area contributed by atoms with Gasteiger partial charge >= 0.3 is 5.97 Å². The molecule has 0 aliphatic carbocycles. The summed E-state index contributed by atoms with van der Waals surface area (Å²) in [5.41, 5.74) is 4.99. The van der Waals surface area contributed by atoms with E-state index in [9.17, 15) is 19.5 Å². The highest BCUT2D eigenvalue weighted by atomic mass is 32.1. The summed E-state index contributed by atoms with van der Waals surface area (Å²) in [6.07, 6.45) is 0.469. The second-order valence-electron chi connectivity index (χ2n) is 7.87. The minimum atomic E-state index is -2.06. The van der Waals surface area contributed by atoms with Gasteiger partial charge in [0.25, 0.3) is 0 Å². The number of rotatable bonds is 9. The Kier molecular flexibility index (Phi) is 7.65. The van der Waals surface area contributed by atoms with Gasteiger partial charge in [-0.3, -0.25) is 9.59 Å². The first kappa shape index (κ1) is 24.6. The third-order valence-corrected chi connectivity index (χ3v) is 6.51. The number of carbonyl (C=O) groups is 3. The van der Waals surface area contributed by atoms with Crippen LogP contribution >= 0.6 is 12.6 Å². The van der Waals surface area contributed by atoms with Gasteiger partial charge in [0.05, 0.1) is 32.1 Å². The quantitative estimate of drug-likeness (QED) is 0.378. The number of hydrogen-bond donors (Lipinski definition) is 3. The van der Waals surface area contributed by atoms with Crippen molar-refractivity contribution >= 4 is 30.3 Å². The van der Waals surface area contributed by atoms with E-state index in [-0.39, 0.29) is 19.3 Å². The molecule has 9 heteroatoms. The molecule has 1 saturated heterocycles. The van der Waals surface area contributed by atoms with Crippen molar-refractivity contribution in [3.63, 3.8) is 0 Å². The number of benzene rings is 2. The van der Waals surface area contributed by atoms with Crippen LogP contribution in [0.15, 0.2) is 48.5 Å². The maximum absolute atomic E-state index is 13.7. The van der Waals surface area contributed by atoms with Crippen molar-refractivity contribution in [1.29, 1.82) is 0 Å². The minimum absolute atomic E-state index is 0.0458. The SMILES string of the molecule is COc1ccc(CC(S)C(=O)N2C(c3ccccc3OC)CCC2(C(=O)O)C(=O)CN)cc1. The van der Waals surface area contributed by atoms with Crippen LogP contribution in [-0.4, -0.2) is 59.2 Å². The van der Waals surface area contributed by atoms with E-state index < -0.39 is 41.0 Å². The molecule has 1 heterocycles. The molecule has 0 saturated carbocycles. The van der Waals surface area contributed by atoms with Gasteiger partial charge in [0.1, 0.15) is 11.5 Å². The van der Waals surface area contributed by atoms with Gasteiger partial charge in [-0.05, 0) is 43.0 Å². The molecule has 3 rings (SSSR count). The number of hydrogen-bond acceptors (Lipinski definition) is 7. The third kappa shape index (κ3) is 4.56. The van der Waals surface area contributed by atoms with Crippen molar-refractivity contribution in [2.24, 2.45) is 5.73 Å². The summed E-state index contributed by atoms with van der Waals surface area (Å²) >= 11 is 4.52. The first-order valence-corrected chi connectivity index (χ1v) is 11.1. The summed E-state index contributed by atoms with van der Waals surface area (Å²) < 4.78 is 10.6. The topological polar surface area (TPSA) is 119 Å². The van der Waals surface area contributed by atoms with Gasteiger partial charge in [0.15, 0.2) is 5.78 Å². The van der Waals surface area contributed by atoms with Gasteiger partial charge in [0.2, 0.25) is 11.4 Å². The highest BCUT2D eigenvalue weighted by Crippen LogP contribution is 2.46. The zero-order valence-corrected chi connectivity index (χ0v) is 19.5. The van der Waals surface area contributed by atoms with Gasteiger partial charge < -0.3 is 25.2 Å². The minimum Gasteiger partial charge on any atom is -0.497 e. The van der Waals surface area contributed by atoms with E-state index in [2.05, 4.69) is 12.6 Å². The zero-order valence-electron chi connectivity index (χ0n) is 18.6. The molecule has 2 aromatic carbocycles. The van der Waals surface area contributed by atoms with Crippen LogP contribution in [0.2, 0.25) is 0 Å². The lowest BCUT2D eigenvalue weighted by atomic mass is 9.90. The molecule has 0 aromatic heterocycles. The lowest BCUT2D eigenvalue weighted by molar-refractivity contribution is -0.163. The van der Waals surface area contributed by atoms with E-state index in [1.54, 1.807) is 43.5 Å². The molecule has 1 amide bonds. The standard InChI is InChI=1S/C24H28N2O6S/c1-31-16-9-7-15(8-10-16)13-20(33)22(28)26-18(17-5-3-4-6-19(17)32-2)11-12-24(26,23(29)30)21(27)14-25/h3-10,18,20,33H,11-14,25H2,1-2H3,(H,29,30). The molecule has 1 fully saturated rings. The number of carbonyl (C=O) groups excluding carboxylic acids is 2. The molecule has 176 valence electrons. The van der Waals surface area contributed by atoms with E-state index in [0.29, 0.717) is 17.1 Å². The molecule has 1 aliphatic heterocycles. The van der Waals surface area contributed by atoms with Gasteiger partial charge in [-0.2, -0.15) is 12.6 Å². The Bertz CT molecular complexity index is 1030. The molecule has 8 nitrogen and oxygen atoms in total. The van der Waals surface area contributed by atoms with E-state index in [1.165, 1.54) is 12.0 Å². The normalized spacial score (nSPS) is 20.8. The smallest absolute Gasteiger partial charge is 0.337 e. The maximum Gasteiger partial charge on any atom is 0.337 e. The molecule has 33 heavy (non-hydrogen) atoms. The number of ketones is 1. The molecular weight excluding hydrogens is 444 g/mol. The van der Waals surface area contributed by atoms with E-state index in [4.69, 9.17) is 15.2 Å². The van der Waals surface area contributed by atoms with Crippen LogP contribution in [0, 0.1) is 0 Å². The number of aliphatic carboxylic acids is 1. The molecule has 3 atom stereocenters. The number of carboxylic acids is 1. The van der Waals surface area contributed by atoms with Gasteiger partial charge in [-0.15, -0.1) is 0 Å². The summed E-state index contributed by atoms with van der Waals surface area (Å²) in [7, 11) is 3.06. The molecule has 3 unspecified atom stereocenters. The number of ether oxygens (including phenoxy) is 2. The number of likely N-dealkylation sites (tertiary alicyclic amines) is 1. The molecule has 0 spiro atoms. The van der Waals surface area contributed by atoms with Gasteiger partial charge in [-0.1, -0.05) is 30.3 Å². The van der Waals surface area contributed by atoms with Crippen molar-refractivity contribution < 1.29 is 29.0 Å². The van der Waals surface area contributed by atoms with Crippen LogP contribution in [0.4, 0.5) is 0 Å².